The Kier molecular flexibility index (Phi) is 3.25. The van der Waals surface area contributed by atoms with Gasteiger partial charge in [0.05, 0.1) is 0 Å². The first-order chi connectivity index (χ1) is 7.70. The van der Waals surface area contributed by atoms with Crippen molar-refractivity contribution in [3.63, 3.8) is 0 Å². The first-order valence-corrected chi connectivity index (χ1v) is 5.67. The topological polar surface area (TPSA) is 23.6 Å². The van der Waals surface area contributed by atoms with Gasteiger partial charge in [0.1, 0.15) is 6.29 Å². The average Bonchev–Trinajstić information content (AvgIpc) is 2.78. The minimum absolute atomic E-state index is 0.625. The molecule has 0 amide bonds. The maximum atomic E-state index is 10.7. The number of hydrogen-bond donors (Lipinski definition) is 0. The van der Waals surface area contributed by atoms with Crippen LogP contribution in [0.25, 0.3) is 0 Å². The summed E-state index contributed by atoms with van der Waals surface area (Å²) >= 11 is 0. The molecule has 0 unspecified atom stereocenters. The molecule has 0 radical (unpaired) electrons. The Morgan fingerprint density at radius 3 is 2.88 bits per heavy atom. The van der Waals surface area contributed by atoms with E-state index in [9.17, 15) is 4.79 Å². The molecule has 1 aliphatic rings. The first kappa shape index (κ1) is 11.1. The van der Waals surface area contributed by atoms with Gasteiger partial charge in [-0.05, 0) is 32.6 Å². The molecule has 1 aliphatic heterocycles. The van der Waals surface area contributed by atoms with Crippen molar-refractivity contribution in [2.75, 3.05) is 32.1 Å². The molecule has 0 saturated carbocycles. The molecule has 2 rings (SSSR count). The second-order valence-electron chi connectivity index (χ2n) is 4.56. The molecule has 3 nitrogen and oxygen atoms in total. The van der Waals surface area contributed by atoms with Gasteiger partial charge in [0, 0.05) is 30.4 Å². The smallest absolute Gasteiger partial charge is 0.150 e. The van der Waals surface area contributed by atoms with Gasteiger partial charge in [-0.15, -0.1) is 0 Å². The molecule has 1 aromatic carbocycles. The van der Waals surface area contributed by atoms with Gasteiger partial charge in [0.15, 0.2) is 0 Å². The van der Waals surface area contributed by atoms with E-state index in [0.29, 0.717) is 6.04 Å². The number of carbonyl (C=O) groups is 1. The Morgan fingerprint density at radius 1 is 1.44 bits per heavy atom. The fourth-order valence-corrected chi connectivity index (χ4v) is 2.19. The van der Waals surface area contributed by atoms with Crippen LogP contribution in [-0.4, -0.2) is 44.4 Å². The zero-order valence-electron chi connectivity index (χ0n) is 9.89. The summed E-state index contributed by atoms with van der Waals surface area (Å²) in [6.45, 7) is 2.13. The second kappa shape index (κ2) is 4.66. The van der Waals surface area contributed by atoms with Crippen LogP contribution >= 0.6 is 0 Å². The Labute approximate surface area is 96.7 Å². The van der Waals surface area contributed by atoms with Crippen LogP contribution in [-0.2, 0) is 0 Å². The highest BCUT2D eigenvalue weighted by atomic mass is 16.1. The van der Waals surface area contributed by atoms with Crippen LogP contribution in [0.4, 0.5) is 5.69 Å². The Hall–Kier alpha value is -1.35. The van der Waals surface area contributed by atoms with E-state index in [4.69, 9.17) is 0 Å². The quantitative estimate of drug-likeness (QED) is 0.721. The molecule has 1 heterocycles. The summed E-state index contributed by atoms with van der Waals surface area (Å²) in [5.41, 5.74) is 1.92. The predicted octanol–water partition coefficient (Wildman–Crippen LogP) is 1.64. The summed E-state index contributed by atoms with van der Waals surface area (Å²) in [4.78, 5) is 15.3. The highest BCUT2D eigenvalue weighted by Gasteiger charge is 2.23. The lowest BCUT2D eigenvalue weighted by atomic mass is 10.2. The third-order valence-corrected chi connectivity index (χ3v) is 3.27. The number of likely N-dealkylation sites (N-methyl/N-ethyl adjacent to an activating group) is 1. The minimum Gasteiger partial charge on any atom is -0.370 e. The van der Waals surface area contributed by atoms with Gasteiger partial charge in [-0.2, -0.15) is 0 Å². The molecule has 0 aliphatic carbocycles. The maximum absolute atomic E-state index is 10.7. The fourth-order valence-electron chi connectivity index (χ4n) is 2.19. The van der Waals surface area contributed by atoms with Crippen molar-refractivity contribution in [1.82, 2.24) is 4.90 Å². The Bertz CT molecular complexity index is 376. The van der Waals surface area contributed by atoms with E-state index in [0.717, 1.165) is 30.6 Å². The first-order valence-electron chi connectivity index (χ1n) is 5.67. The van der Waals surface area contributed by atoms with Crippen LogP contribution in [0.5, 0.6) is 0 Å². The number of hydrogen-bond acceptors (Lipinski definition) is 3. The Balaban J connectivity index is 2.11. The summed E-state index contributed by atoms with van der Waals surface area (Å²) in [7, 11) is 4.24. The molecule has 1 saturated heterocycles. The molecular formula is C13H18N2O. The number of benzene rings is 1. The molecule has 1 fully saturated rings. The zero-order chi connectivity index (χ0) is 11.5. The molecule has 1 aromatic rings. The van der Waals surface area contributed by atoms with Crippen molar-refractivity contribution in [1.29, 1.82) is 0 Å². The van der Waals surface area contributed by atoms with Gasteiger partial charge in [-0.1, -0.05) is 12.1 Å². The summed E-state index contributed by atoms with van der Waals surface area (Å²) in [6, 6.07) is 8.45. The van der Waals surface area contributed by atoms with E-state index >= 15 is 0 Å². The van der Waals surface area contributed by atoms with Crippen molar-refractivity contribution < 1.29 is 4.79 Å². The average molecular weight is 218 g/mol. The van der Waals surface area contributed by atoms with Crippen molar-refractivity contribution >= 4 is 12.0 Å². The molecule has 1 atom stereocenters. The molecule has 86 valence electrons. The zero-order valence-corrected chi connectivity index (χ0v) is 9.89. The SMILES string of the molecule is CN(C)[C@H]1CCN(c2cccc(C=O)c2)C1. The van der Waals surface area contributed by atoms with Gasteiger partial charge in [-0.25, -0.2) is 0 Å². The minimum atomic E-state index is 0.625. The summed E-state index contributed by atoms with van der Waals surface area (Å²) in [6.07, 6.45) is 2.10. The number of carbonyl (C=O) groups excluding carboxylic acids is 1. The van der Waals surface area contributed by atoms with Crippen LogP contribution in [0.15, 0.2) is 24.3 Å². The molecule has 16 heavy (non-hydrogen) atoms. The summed E-state index contributed by atoms with van der Waals surface area (Å²) in [5.74, 6) is 0. The highest BCUT2D eigenvalue weighted by Crippen LogP contribution is 2.22. The molecule has 0 N–H and O–H groups in total. The summed E-state index contributed by atoms with van der Waals surface area (Å²) in [5, 5.41) is 0. The number of nitrogens with zero attached hydrogens (tertiary/aromatic N) is 2. The van der Waals surface area contributed by atoms with Crippen LogP contribution in [0, 0.1) is 0 Å². The lowest BCUT2D eigenvalue weighted by molar-refractivity contribution is 0.112. The number of aldehydes is 1. The molecule has 0 bridgehead atoms. The van der Waals surface area contributed by atoms with E-state index in [2.05, 4.69) is 30.0 Å². The molecule has 3 heteroatoms. The van der Waals surface area contributed by atoms with Gasteiger partial charge in [0.2, 0.25) is 0 Å². The monoisotopic (exact) mass is 218 g/mol. The van der Waals surface area contributed by atoms with Gasteiger partial charge in [0.25, 0.3) is 0 Å². The third-order valence-electron chi connectivity index (χ3n) is 3.27. The highest BCUT2D eigenvalue weighted by molar-refractivity contribution is 5.77. The van der Waals surface area contributed by atoms with Gasteiger partial charge in [-0.3, -0.25) is 4.79 Å². The van der Waals surface area contributed by atoms with Crippen LogP contribution in [0.1, 0.15) is 16.8 Å². The molecule has 0 aromatic heterocycles. The van der Waals surface area contributed by atoms with E-state index in [1.54, 1.807) is 0 Å². The largest absolute Gasteiger partial charge is 0.370 e. The van der Waals surface area contributed by atoms with E-state index in [1.807, 2.05) is 18.2 Å². The Morgan fingerprint density at radius 2 is 2.25 bits per heavy atom. The van der Waals surface area contributed by atoms with Crippen LogP contribution in [0.2, 0.25) is 0 Å². The lowest BCUT2D eigenvalue weighted by Gasteiger charge is -2.21. The fraction of sp³-hybridized carbons (Fsp3) is 0.462. The van der Waals surface area contributed by atoms with E-state index in [-0.39, 0.29) is 0 Å². The third kappa shape index (κ3) is 2.25. The van der Waals surface area contributed by atoms with Crippen molar-refractivity contribution in [3.8, 4) is 0 Å². The summed E-state index contributed by atoms with van der Waals surface area (Å²) < 4.78 is 0. The maximum Gasteiger partial charge on any atom is 0.150 e. The second-order valence-corrected chi connectivity index (χ2v) is 4.56. The standard InChI is InChI=1S/C13H18N2O/c1-14(2)13-6-7-15(9-13)12-5-3-4-11(8-12)10-16/h3-5,8,10,13H,6-7,9H2,1-2H3/t13-/m0/s1. The van der Waals surface area contributed by atoms with Crippen molar-refractivity contribution in [2.24, 2.45) is 0 Å². The van der Waals surface area contributed by atoms with Gasteiger partial charge < -0.3 is 9.80 Å². The number of anilines is 1. The number of rotatable bonds is 3. The van der Waals surface area contributed by atoms with Crippen molar-refractivity contribution in [3.05, 3.63) is 29.8 Å². The lowest BCUT2D eigenvalue weighted by Crippen LogP contribution is -2.31. The van der Waals surface area contributed by atoms with Gasteiger partial charge >= 0.3 is 0 Å². The molecule has 0 spiro atoms. The predicted molar refractivity (Wildman–Crippen MR) is 66.1 cm³/mol. The van der Waals surface area contributed by atoms with Crippen molar-refractivity contribution in [2.45, 2.75) is 12.5 Å². The van der Waals surface area contributed by atoms with E-state index < -0.39 is 0 Å². The normalized spacial score (nSPS) is 20.4. The molecular weight excluding hydrogens is 200 g/mol. The van der Waals surface area contributed by atoms with Crippen LogP contribution in [0.3, 0.4) is 0 Å². The van der Waals surface area contributed by atoms with E-state index in [1.165, 1.54) is 6.42 Å². The van der Waals surface area contributed by atoms with Crippen LogP contribution < -0.4 is 4.90 Å².